The molecule has 4 nitrogen and oxygen atoms in total. The highest BCUT2D eigenvalue weighted by molar-refractivity contribution is 7.10. The van der Waals surface area contributed by atoms with Crippen LogP contribution in [0.2, 0.25) is 0 Å². The molecular formula is C22H17N3OS. The van der Waals surface area contributed by atoms with Gasteiger partial charge in [-0.3, -0.25) is 4.79 Å². The minimum Gasteiger partial charge on any atom is -0.298 e. The average Bonchev–Trinajstić information content (AvgIpc) is 3.19. The van der Waals surface area contributed by atoms with Crippen LogP contribution in [0.4, 0.5) is 0 Å². The molecule has 0 aliphatic rings. The van der Waals surface area contributed by atoms with Gasteiger partial charge in [0.1, 0.15) is 5.01 Å². The highest BCUT2D eigenvalue weighted by Gasteiger charge is 2.23. The van der Waals surface area contributed by atoms with E-state index in [1.54, 1.807) is 12.1 Å². The van der Waals surface area contributed by atoms with Crippen molar-refractivity contribution in [2.24, 2.45) is 0 Å². The van der Waals surface area contributed by atoms with Crippen LogP contribution in [0.15, 0.2) is 60.0 Å². The summed E-state index contributed by atoms with van der Waals surface area (Å²) < 4.78 is 0. The predicted molar refractivity (Wildman–Crippen MR) is 105 cm³/mol. The van der Waals surface area contributed by atoms with Crippen LogP contribution >= 0.6 is 11.3 Å². The van der Waals surface area contributed by atoms with Crippen molar-refractivity contribution in [2.75, 3.05) is 0 Å². The van der Waals surface area contributed by atoms with Crippen LogP contribution in [-0.2, 0) is 11.2 Å². The van der Waals surface area contributed by atoms with Gasteiger partial charge in [0.05, 0.1) is 23.4 Å². The van der Waals surface area contributed by atoms with Crippen molar-refractivity contribution in [3.63, 3.8) is 0 Å². The Hall–Kier alpha value is -3.28. The van der Waals surface area contributed by atoms with E-state index in [0.29, 0.717) is 17.0 Å². The van der Waals surface area contributed by atoms with E-state index in [1.807, 2.05) is 47.8 Å². The topological polar surface area (TPSA) is 77.5 Å². The number of carbonyl (C=O) groups is 1. The van der Waals surface area contributed by atoms with Crippen LogP contribution in [-0.4, -0.2) is 10.8 Å². The normalized spacial score (nSPS) is 11.3. The molecule has 1 unspecified atom stereocenters. The van der Waals surface area contributed by atoms with E-state index in [1.165, 1.54) is 16.9 Å². The van der Waals surface area contributed by atoms with Crippen molar-refractivity contribution in [2.45, 2.75) is 25.2 Å². The molecule has 5 heteroatoms. The molecule has 0 N–H and O–H groups in total. The molecule has 1 heterocycles. The summed E-state index contributed by atoms with van der Waals surface area (Å²) in [7, 11) is 0. The molecule has 0 saturated heterocycles. The Morgan fingerprint density at radius 3 is 2.48 bits per heavy atom. The Morgan fingerprint density at radius 1 is 1.07 bits per heavy atom. The van der Waals surface area contributed by atoms with Gasteiger partial charge in [-0.2, -0.15) is 10.5 Å². The van der Waals surface area contributed by atoms with Crippen LogP contribution in [0.3, 0.4) is 0 Å². The summed E-state index contributed by atoms with van der Waals surface area (Å²) in [4.78, 5) is 17.0. The van der Waals surface area contributed by atoms with Crippen molar-refractivity contribution in [1.82, 2.24) is 4.98 Å². The first kappa shape index (κ1) is 18.5. The van der Waals surface area contributed by atoms with Crippen molar-refractivity contribution >= 4 is 17.1 Å². The summed E-state index contributed by atoms with van der Waals surface area (Å²) in [5.41, 5.74) is 3.36. The second-order valence-corrected chi connectivity index (χ2v) is 7.02. The summed E-state index contributed by atoms with van der Waals surface area (Å²) in [5.74, 6) is -0.910. The Kier molecular flexibility index (Phi) is 6.10. The number of nitrogens with zero attached hydrogens (tertiary/aromatic N) is 3. The largest absolute Gasteiger partial charge is 0.298 e. The number of hydrogen-bond donors (Lipinski definition) is 0. The number of nitriles is 2. The maximum Gasteiger partial charge on any atom is 0.156 e. The highest BCUT2D eigenvalue weighted by Crippen LogP contribution is 2.28. The van der Waals surface area contributed by atoms with E-state index < -0.39 is 5.92 Å². The smallest absolute Gasteiger partial charge is 0.156 e. The summed E-state index contributed by atoms with van der Waals surface area (Å²) in [6.07, 6.45) is 1.90. The van der Waals surface area contributed by atoms with Crippen LogP contribution in [0, 0.1) is 22.7 Å². The Bertz CT molecular complexity index is 995. The van der Waals surface area contributed by atoms with Gasteiger partial charge < -0.3 is 0 Å². The maximum absolute atomic E-state index is 12.5. The summed E-state index contributed by atoms with van der Waals surface area (Å²) in [5, 5.41) is 20.7. The van der Waals surface area contributed by atoms with E-state index in [0.717, 1.165) is 24.1 Å². The second kappa shape index (κ2) is 8.89. The molecule has 1 aromatic heterocycles. The third-order valence-electron chi connectivity index (χ3n) is 4.26. The molecule has 1 atom stereocenters. The molecule has 27 heavy (non-hydrogen) atoms. The van der Waals surface area contributed by atoms with E-state index >= 15 is 0 Å². The molecule has 3 rings (SSSR count). The molecule has 0 aliphatic heterocycles. The number of Topliss-reactive ketones (excluding diaryl/α,β-unsaturated/α-hetero) is 1. The zero-order chi connectivity index (χ0) is 19.1. The first-order valence-electron chi connectivity index (χ1n) is 8.63. The van der Waals surface area contributed by atoms with Gasteiger partial charge in [-0.15, -0.1) is 11.3 Å². The van der Waals surface area contributed by atoms with Crippen LogP contribution in [0.1, 0.15) is 34.9 Å². The number of ketones is 1. The van der Waals surface area contributed by atoms with Gasteiger partial charge >= 0.3 is 0 Å². The molecule has 0 amide bonds. The molecule has 0 aliphatic carbocycles. The van der Waals surface area contributed by atoms with Gasteiger partial charge in [-0.25, -0.2) is 4.98 Å². The molecule has 0 spiro atoms. The van der Waals surface area contributed by atoms with Gasteiger partial charge in [0.25, 0.3) is 0 Å². The molecule has 0 bridgehead atoms. The highest BCUT2D eigenvalue weighted by atomic mass is 32.1. The van der Waals surface area contributed by atoms with E-state index in [-0.39, 0.29) is 5.78 Å². The predicted octanol–water partition coefficient (Wildman–Crippen LogP) is 4.88. The molecule has 3 aromatic rings. The van der Waals surface area contributed by atoms with Crippen molar-refractivity contribution in [1.29, 1.82) is 10.5 Å². The fourth-order valence-corrected chi connectivity index (χ4v) is 3.68. The van der Waals surface area contributed by atoms with E-state index in [4.69, 9.17) is 5.26 Å². The Labute approximate surface area is 162 Å². The zero-order valence-electron chi connectivity index (χ0n) is 14.6. The molecular weight excluding hydrogens is 354 g/mol. The summed E-state index contributed by atoms with van der Waals surface area (Å²) in [6, 6.07) is 21.3. The lowest BCUT2D eigenvalue weighted by Crippen LogP contribution is -2.10. The quantitative estimate of drug-likeness (QED) is 0.593. The van der Waals surface area contributed by atoms with Crippen molar-refractivity contribution in [3.05, 3.63) is 76.1 Å². The first-order chi connectivity index (χ1) is 13.2. The number of thiazole rings is 1. The van der Waals surface area contributed by atoms with Gasteiger partial charge in [0.2, 0.25) is 0 Å². The molecule has 0 fully saturated rings. The number of benzene rings is 2. The van der Waals surface area contributed by atoms with Crippen molar-refractivity contribution in [3.8, 4) is 23.4 Å². The fourth-order valence-electron chi connectivity index (χ4n) is 2.79. The molecule has 0 radical (unpaired) electrons. The molecule has 132 valence electrons. The molecule has 2 aromatic carbocycles. The number of hydrogen-bond acceptors (Lipinski definition) is 5. The number of rotatable bonds is 7. The van der Waals surface area contributed by atoms with E-state index in [2.05, 4.69) is 17.1 Å². The van der Waals surface area contributed by atoms with Crippen LogP contribution < -0.4 is 0 Å². The lowest BCUT2D eigenvalue weighted by molar-refractivity contribution is -0.119. The van der Waals surface area contributed by atoms with Gasteiger partial charge in [-0.1, -0.05) is 42.5 Å². The van der Waals surface area contributed by atoms with Crippen LogP contribution in [0.5, 0.6) is 0 Å². The summed E-state index contributed by atoms with van der Waals surface area (Å²) >= 11 is 1.33. The Morgan fingerprint density at radius 2 is 1.81 bits per heavy atom. The number of aryl methyl sites for hydroxylation is 1. The van der Waals surface area contributed by atoms with Gasteiger partial charge in [-0.05, 0) is 30.5 Å². The SMILES string of the molecule is N#Cc1ccc(-c2csc(C(C#N)C(=O)CCCc3ccccc3)n2)cc1. The van der Waals surface area contributed by atoms with E-state index in [9.17, 15) is 10.1 Å². The third kappa shape index (κ3) is 4.67. The summed E-state index contributed by atoms with van der Waals surface area (Å²) in [6.45, 7) is 0. The standard InChI is InChI=1S/C22H17N3OS/c23-13-17-9-11-18(12-10-17)20-15-27-22(25-20)19(14-24)21(26)8-4-7-16-5-2-1-3-6-16/h1-3,5-6,9-12,15,19H,4,7-8H2. The monoisotopic (exact) mass is 371 g/mol. The fraction of sp³-hybridized carbons (Fsp3) is 0.182. The number of carbonyl (C=O) groups excluding carboxylic acids is 1. The molecule has 0 saturated carbocycles. The minimum atomic E-state index is -0.821. The maximum atomic E-state index is 12.5. The van der Waals surface area contributed by atoms with Gasteiger partial charge in [0, 0.05) is 17.4 Å². The second-order valence-electron chi connectivity index (χ2n) is 6.13. The van der Waals surface area contributed by atoms with Crippen LogP contribution in [0.25, 0.3) is 11.3 Å². The lowest BCUT2D eigenvalue weighted by atomic mass is 9.99. The van der Waals surface area contributed by atoms with Gasteiger partial charge in [0.15, 0.2) is 11.7 Å². The average molecular weight is 371 g/mol. The lowest BCUT2D eigenvalue weighted by Gasteiger charge is -2.05. The zero-order valence-corrected chi connectivity index (χ0v) is 15.4. The third-order valence-corrected chi connectivity index (χ3v) is 5.17. The minimum absolute atomic E-state index is 0.0887. The first-order valence-corrected chi connectivity index (χ1v) is 9.51. The Balaban J connectivity index is 1.65. The number of aromatic nitrogens is 1. The van der Waals surface area contributed by atoms with Crippen molar-refractivity contribution < 1.29 is 4.79 Å².